The Morgan fingerprint density at radius 3 is 1.26 bits per heavy atom. The maximum atomic E-state index is 4.95. The fourth-order valence-electron chi connectivity index (χ4n) is 9.55. The molecule has 0 radical (unpaired) electrons. The number of fused-ring (bicyclic) bond motifs is 14. The van der Waals surface area contributed by atoms with Crippen LogP contribution in [0.5, 0.6) is 0 Å². The Kier molecular flexibility index (Phi) is 6.76. The molecule has 0 aliphatic carbocycles. The molecule has 0 amide bonds. The number of hydrogen-bond donors (Lipinski definition) is 0. The zero-order chi connectivity index (χ0) is 37.9. The molecule has 0 saturated heterocycles. The van der Waals surface area contributed by atoms with Crippen molar-refractivity contribution in [2.24, 2.45) is 0 Å². The van der Waals surface area contributed by atoms with Crippen LogP contribution in [0.4, 0.5) is 0 Å². The number of benzene rings is 8. The zero-order valence-corrected chi connectivity index (χ0v) is 32.7. The molecule has 0 aliphatic rings. The quantitative estimate of drug-likeness (QED) is 0.175. The number of nitrogens with zero attached hydrogens (tertiary/aromatic N) is 3. The summed E-state index contributed by atoms with van der Waals surface area (Å²) in [5.41, 5.74) is 11.5. The Hall–Kier alpha value is -7.05. The third-order valence-corrected chi connectivity index (χ3v) is 14.4. The SMILES string of the molecule is c1ccc(-n2c3ccccc3c3c4sc5ccccc5c4ccc32)c(-c2cncc(-c3ccccc3-n3c4ccccc4c4c5sc6ccccc6c5ccc43)c2)c1. The van der Waals surface area contributed by atoms with Gasteiger partial charge in [0.15, 0.2) is 0 Å². The van der Waals surface area contributed by atoms with Gasteiger partial charge in [-0.3, -0.25) is 4.98 Å². The fraction of sp³-hybridized carbons (Fsp3) is 0. The number of aromatic nitrogens is 3. The van der Waals surface area contributed by atoms with E-state index in [0.717, 1.165) is 33.6 Å². The Morgan fingerprint density at radius 2 is 0.759 bits per heavy atom. The van der Waals surface area contributed by atoms with Gasteiger partial charge < -0.3 is 9.13 Å². The Bertz CT molecular complexity index is 3570. The van der Waals surface area contributed by atoms with E-state index in [1.165, 1.54) is 84.0 Å². The summed E-state index contributed by atoms with van der Waals surface area (Å²) in [6.07, 6.45) is 4.03. The lowest BCUT2D eigenvalue weighted by Gasteiger charge is -2.16. The summed E-state index contributed by atoms with van der Waals surface area (Å²) in [7, 11) is 0. The van der Waals surface area contributed by atoms with Gasteiger partial charge in [-0.2, -0.15) is 0 Å². The molecule has 5 heteroatoms. The molecule has 270 valence electrons. The second kappa shape index (κ2) is 12.2. The third-order valence-electron chi connectivity index (χ3n) is 12.0. The average molecular weight is 774 g/mol. The minimum Gasteiger partial charge on any atom is -0.309 e. The van der Waals surface area contributed by atoms with Gasteiger partial charge in [0.25, 0.3) is 0 Å². The van der Waals surface area contributed by atoms with Gasteiger partial charge in [0.1, 0.15) is 0 Å². The molecule has 5 heterocycles. The molecule has 8 aromatic carbocycles. The normalized spacial score (nSPS) is 12.1. The van der Waals surface area contributed by atoms with E-state index in [0.29, 0.717) is 0 Å². The highest BCUT2D eigenvalue weighted by atomic mass is 32.1. The van der Waals surface area contributed by atoms with Crippen LogP contribution in [0.25, 0.3) is 118 Å². The van der Waals surface area contributed by atoms with Crippen molar-refractivity contribution in [1.82, 2.24) is 14.1 Å². The molecule has 0 N–H and O–H groups in total. The molecular weight excluding hydrogens is 743 g/mol. The number of para-hydroxylation sites is 4. The molecule has 0 unspecified atom stereocenters. The van der Waals surface area contributed by atoms with Gasteiger partial charge in [-0.15, -0.1) is 22.7 Å². The molecule has 3 nitrogen and oxygen atoms in total. The van der Waals surface area contributed by atoms with E-state index in [9.17, 15) is 0 Å². The largest absolute Gasteiger partial charge is 0.309 e. The van der Waals surface area contributed by atoms with E-state index in [1.54, 1.807) is 0 Å². The number of thiophene rings is 2. The summed E-state index contributed by atoms with van der Waals surface area (Å²) in [5, 5.41) is 10.4. The van der Waals surface area contributed by atoms with E-state index >= 15 is 0 Å². The standard InChI is InChI=1S/C53H31N3S2/c1-7-19-42(55-44-21-9-3-17-40(44)50-46(55)27-25-38-36-15-5-11-23-48(36)57-52(38)50)34(13-1)32-29-33(31-54-30-32)35-14-2-8-20-43(35)56-45-22-10-4-18-41(45)51-47(56)28-26-39-37-16-6-12-24-49(37)58-53(39)51/h1-31H. The lowest BCUT2D eigenvalue weighted by atomic mass is 9.99. The van der Waals surface area contributed by atoms with Gasteiger partial charge in [-0.1, -0.05) is 121 Å². The van der Waals surface area contributed by atoms with E-state index in [1.807, 2.05) is 35.1 Å². The van der Waals surface area contributed by atoms with Gasteiger partial charge >= 0.3 is 0 Å². The second-order valence-electron chi connectivity index (χ2n) is 15.1. The highest BCUT2D eigenvalue weighted by Gasteiger charge is 2.22. The van der Waals surface area contributed by atoms with E-state index < -0.39 is 0 Å². The first-order valence-electron chi connectivity index (χ1n) is 19.6. The summed E-state index contributed by atoms with van der Waals surface area (Å²) < 4.78 is 10.2. The summed E-state index contributed by atoms with van der Waals surface area (Å²) in [6.45, 7) is 0. The number of rotatable bonds is 4. The van der Waals surface area contributed by atoms with Gasteiger partial charge in [-0.05, 0) is 54.6 Å². The lowest BCUT2D eigenvalue weighted by Crippen LogP contribution is -1.99. The Morgan fingerprint density at radius 1 is 0.345 bits per heavy atom. The van der Waals surface area contributed by atoms with Crippen LogP contribution in [-0.4, -0.2) is 14.1 Å². The van der Waals surface area contributed by atoms with Gasteiger partial charge in [-0.25, -0.2) is 0 Å². The third kappa shape index (κ3) is 4.45. The average Bonchev–Trinajstić information content (AvgIpc) is 4.04. The monoisotopic (exact) mass is 773 g/mol. The van der Waals surface area contributed by atoms with Crippen molar-refractivity contribution in [2.75, 3.05) is 0 Å². The summed E-state index contributed by atoms with van der Waals surface area (Å²) in [4.78, 5) is 4.95. The van der Waals surface area contributed by atoms with Gasteiger partial charge in [0.2, 0.25) is 0 Å². The van der Waals surface area contributed by atoms with Crippen molar-refractivity contribution in [2.45, 2.75) is 0 Å². The molecular formula is C53H31N3S2. The lowest BCUT2D eigenvalue weighted by molar-refractivity contribution is 1.17. The van der Waals surface area contributed by atoms with Crippen LogP contribution >= 0.6 is 22.7 Å². The zero-order valence-electron chi connectivity index (χ0n) is 31.1. The van der Waals surface area contributed by atoms with E-state index in [4.69, 9.17) is 4.98 Å². The summed E-state index contributed by atoms with van der Waals surface area (Å²) in [6, 6.07) is 64.4. The minimum absolute atomic E-state index is 1.07. The smallest absolute Gasteiger partial charge is 0.0556 e. The van der Waals surface area contributed by atoms with Gasteiger partial charge in [0.05, 0.1) is 33.4 Å². The highest BCUT2D eigenvalue weighted by Crippen LogP contribution is 2.46. The molecule has 0 aliphatic heterocycles. The molecule has 5 aromatic heterocycles. The van der Waals surface area contributed by atoms with Crippen LogP contribution in [0.3, 0.4) is 0 Å². The minimum atomic E-state index is 1.07. The van der Waals surface area contributed by atoms with E-state index in [-0.39, 0.29) is 0 Å². The first-order valence-corrected chi connectivity index (χ1v) is 21.2. The second-order valence-corrected chi connectivity index (χ2v) is 17.2. The number of pyridine rings is 1. The van der Waals surface area contributed by atoms with Crippen LogP contribution in [-0.2, 0) is 0 Å². The van der Waals surface area contributed by atoms with Gasteiger partial charge in [0, 0.05) is 96.5 Å². The maximum Gasteiger partial charge on any atom is 0.0556 e. The molecule has 13 aromatic rings. The predicted molar refractivity (Wildman–Crippen MR) is 250 cm³/mol. The van der Waals surface area contributed by atoms with Crippen LogP contribution in [0.1, 0.15) is 0 Å². The Labute approximate surface area is 340 Å². The summed E-state index contributed by atoms with van der Waals surface area (Å²) >= 11 is 3.78. The van der Waals surface area contributed by atoms with Crippen molar-refractivity contribution in [3.8, 4) is 33.6 Å². The van der Waals surface area contributed by atoms with Crippen molar-refractivity contribution in [3.63, 3.8) is 0 Å². The molecule has 0 atom stereocenters. The highest BCUT2D eigenvalue weighted by molar-refractivity contribution is 7.27. The van der Waals surface area contributed by atoms with Crippen molar-refractivity contribution < 1.29 is 0 Å². The topological polar surface area (TPSA) is 22.8 Å². The molecule has 13 rings (SSSR count). The van der Waals surface area contributed by atoms with E-state index in [2.05, 4.69) is 185 Å². The number of hydrogen-bond acceptors (Lipinski definition) is 3. The maximum absolute atomic E-state index is 4.95. The fourth-order valence-corrected chi connectivity index (χ4v) is 12.1. The van der Waals surface area contributed by atoms with Crippen molar-refractivity contribution >= 4 is 107 Å². The van der Waals surface area contributed by atoms with Crippen LogP contribution < -0.4 is 0 Å². The van der Waals surface area contributed by atoms with Crippen molar-refractivity contribution in [3.05, 3.63) is 188 Å². The van der Waals surface area contributed by atoms with Crippen LogP contribution in [0, 0.1) is 0 Å². The molecule has 0 spiro atoms. The van der Waals surface area contributed by atoms with Crippen LogP contribution in [0.2, 0.25) is 0 Å². The predicted octanol–water partition coefficient (Wildman–Crippen LogP) is 15.3. The molecule has 0 saturated carbocycles. The van der Waals surface area contributed by atoms with Crippen LogP contribution in [0.15, 0.2) is 188 Å². The van der Waals surface area contributed by atoms with Crippen molar-refractivity contribution in [1.29, 1.82) is 0 Å². The molecule has 0 bridgehead atoms. The first kappa shape index (κ1) is 32.1. The molecule has 58 heavy (non-hydrogen) atoms. The summed E-state index contributed by atoms with van der Waals surface area (Å²) in [5.74, 6) is 0. The Balaban J connectivity index is 1.01. The molecule has 0 fully saturated rings. The first-order chi connectivity index (χ1) is 28.8.